The van der Waals surface area contributed by atoms with E-state index in [0.29, 0.717) is 27.1 Å². The number of sulfonamides is 1. The average Bonchev–Trinajstić information content (AvgIpc) is 3.30. The van der Waals surface area contributed by atoms with Gasteiger partial charge in [-0.05, 0) is 57.5 Å². The fourth-order valence-electron chi connectivity index (χ4n) is 3.58. The second-order valence-corrected chi connectivity index (χ2v) is 11.6. The lowest BCUT2D eigenvalue weighted by Gasteiger charge is -2.32. The largest absolute Gasteiger partial charge is 0.454 e. The summed E-state index contributed by atoms with van der Waals surface area (Å²) < 4.78 is 37.7. The van der Waals surface area contributed by atoms with Crippen molar-refractivity contribution in [1.82, 2.24) is 10.2 Å². The number of benzene rings is 2. The molecule has 0 aromatic heterocycles. The first-order chi connectivity index (χ1) is 16.9. The number of nitrogens with zero attached hydrogens (tertiary/aromatic N) is 2. The van der Waals surface area contributed by atoms with Gasteiger partial charge in [-0.15, -0.1) is 0 Å². The molecule has 1 aliphatic heterocycles. The molecule has 1 aliphatic rings. The number of anilines is 1. The summed E-state index contributed by atoms with van der Waals surface area (Å²) in [5.74, 6) is -0.299. The van der Waals surface area contributed by atoms with Crippen molar-refractivity contribution in [3.63, 3.8) is 0 Å². The van der Waals surface area contributed by atoms with Crippen LogP contribution in [-0.2, 0) is 26.2 Å². The predicted molar refractivity (Wildman–Crippen MR) is 139 cm³/mol. The highest BCUT2D eigenvalue weighted by atomic mass is 35.5. The van der Waals surface area contributed by atoms with E-state index in [2.05, 4.69) is 5.32 Å². The minimum Gasteiger partial charge on any atom is -0.454 e. The molecule has 36 heavy (non-hydrogen) atoms. The quantitative estimate of drug-likeness (QED) is 0.476. The number of carbonyl (C=O) groups is 2. The van der Waals surface area contributed by atoms with Crippen molar-refractivity contribution in [2.45, 2.75) is 46.3 Å². The summed E-state index contributed by atoms with van der Waals surface area (Å²) in [6.07, 6.45) is 0. The van der Waals surface area contributed by atoms with Crippen LogP contribution in [0, 0.1) is 0 Å². The lowest BCUT2D eigenvalue weighted by atomic mass is 10.1. The first-order valence-electron chi connectivity index (χ1n) is 11.4. The molecular weight excluding hydrogens is 529 g/mol. The average molecular weight is 558 g/mol. The molecule has 0 spiro atoms. The lowest BCUT2D eigenvalue weighted by molar-refractivity contribution is -0.139. The van der Waals surface area contributed by atoms with Crippen LogP contribution in [0.15, 0.2) is 36.4 Å². The molecule has 0 saturated carbocycles. The zero-order valence-electron chi connectivity index (χ0n) is 20.5. The molecule has 9 nitrogen and oxygen atoms in total. The predicted octanol–water partition coefficient (Wildman–Crippen LogP) is 3.82. The van der Waals surface area contributed by atoms with Crippen molar-refractivity contribution in [3.05, 3.63) is 52.0 Å². The Kier molecular flexibility index (Phi) is 8.97. The molecular formula is C24H29Cl2N3O6S. The van der Waals surface area contributed by atoms with E-state index in [9.17, 15) is 18.0 Å². The Morgan fingerprint density at radius 3 is 2.36 bits per heavy atom. The summed E-state index contributed by atoms with van der Waals surface area (Å²) in [6, 6.07) is 8.51. The van der Waals surface area contributed by atoms with Gasteiger partial charge in [0.2, 0.25) is 28.6 Å². The molecule has 0 aliphatic carbocycles. The maximum atomic E-state index is 13.6. The number of fused-ring (bicyclic) bond motifs is 1. The molecule has 0 unspecified atom stereocenters. The summed E-state index contributed by atoms with van der Waals surface area (Å²) in [5.41, 5.74) is 0.887. The van der Waals surface area contributed by atoms with Crippen LogP contribution in [0.1, 0.15) is 33.3 Å². The van der Waals surface area contributed by atoms with Gasteiger partial charge in [0.05, 0.1) is 21.5 Å². The highest BCUT2D eigenvalue weighted by molar-refractivity contribution is 7.92. The van der Waals surface area contributed by atoms with E-state index in [0.717, 1.165) is 4.31 Å². The molecule has 2 aromatic rings. The van der Waals surface area contributed by atoms with Crippen molar-refractivity contribution in [3.8, 4) is 11.5 Å². The van der Waals surface area contributed by atoms with E-state index in [4.69, 9.17) is 32.7 Å². The van der Waals surface area contributed by atoms with E-state index in [1.807, 2.05) is 13.8 Å². The third kappa shape index (κ3) is 6.54. The van der Waals surface area contributed by atoms with Crippen LogP contribution < -0.4 is 19.1 Å². The number of hydrogen-bond donors (Lipinski definition) is 1. The molecule has 0 bridgehead atoms. The Hall–Kier alpha value is -2.69. The Labute approximate surface area is 221 Å². The molecule has 1 atom stereocenters. The maximum Gasteiger partial charge on any atom is 0.244 e. The third-order valence-electron chi connectivity index (χ3n) is 5.56. The molecule has 2 amide bonds. The highest BCUT2D eigenvalue weighted by Gasteiger charge is 2.32. The zero-order valence-corrected chi connectivity index (χ0v) is 22.8. The minimum atomic E-state index is -3.86. The van der Waals surface area contributed by atoms with Gasteiger partial charge in [-0.1, -0.05) is 29.3 Å². The van der Waals surface area contributed by atoms with E-state index in [1.54, 1.807) is 37.3 Å². The Bertz CT molecular complexity index is 1240. The second kappa shape index (κ2) is 11.6. The van der Waals surface area contributed by atoms with Crippen LogP contribution in [0.25, 0.3) is 0 Å². The monoisotopic (exact) mass is 557 g/mol. The van der Waals surface area contributed by atoms with E-state index in [-0.39, 0.29) is 36.7 Å². The first-order valence-corrected chi connectivity index (χ1v) is 13.7. The van der Waals surface area contributed by atoms with Crippen LogP contribution in [-0.4, -0.2) is 56.3 Å². The van der Waals surface area contributed by atoms with Gasteiger partial charge in [0, 0.05) is 18.7 Å². The highest BCUT2D eigenvalue weighted by Crippen LogP contribution is 2.36. The standard InChI is InChI=1S/C24H29Cl2N3O6S/c1-5-36(32,33)29(18-7-9-21-22(11-18)35-14-34-21)13-23(30)28(16(4)24(31)27-15(2)3)12-17-6-8-19(25)20(26)10-17/h6-11,15-16H,5,12-14H2,1-4H3,(H,27,31)/t16-/m1/s1. The summed E-state index contributed by atoms with van der Waals surface area (Å²) in [5, 5.41) is 3.45. The number of rotatable bonds is 10. The molecule has 2 aromatic carbocycles. The number of hydrogen-bond acceptors (Lipinski definition) is 6. The Morgan fingerprint density at radius 2 is 1.72 bits per heavy atom. The van der Waals surface area contributed by atoms with Gasteiger partial charge >= 0.3 is 0 Å². The smallest absolute Gasteiger partial charge is 0.244 e. The number of halogens is 2. The number of ether oxygens (including phenoxy) is 2. The van der Waals surface area contributed by atoms with Gasteiger partial charge in [-0.2, -0.15) is 0 Å². The fraction of sp³-hybridized carbons (Fsp3) is 0.417. The summed E-state index contributed by atoms with van der Waals surface area (Å²) in [7, 11) is -3.86. The second-order valence-electron chi connectivity index (χ2n) is 8.55. The van der Waals surface area contributed by atoms with Gasteiger partial charge in [0.15, 0.2) is 11.5 Å². The molecule has 3 rings (SSSR count). The minimum absolute atomic E-state index is 0.0174. The van der Waals surface area contributed by atoms with Crippen LogP contribution >= 0.6 is 23.2 Å². The number of carbonyl (C=O) groups excluding carboxylic acids is 2. The number of amides is 2. The first kappa shape index (κ1) is 27.9. The summed E-state index contributed by atoms with van der Waals surface area (Å²) in [6.45, 7) is 6.23. The van der Waals surface area contributed by atoms with Gasteiger partial charge in [0.25, 0.3) is 0 Å². The lowest BCUT2D eigenvalue weighted by Crippen LogP contribution is -2.52. The normalized spacial score (nSPS) is 13.4. The maximum absolute atomic E-state index is 13.6. The van der Waals surface area contributed by atoms with Crippen LogP contribution in [0.5, 0.6) is 11.5 Å². The van der Waals surface area contributed by atoms with E-state index < -0.39 is 28.5 Å². The van der Waals surface area contributed by atoms with Gasteiger partial charge in [0.1, 0.15) is 12.6 Å². The van der Waals surface area contributed by atoms with E-state index in [1.165, 1.54) is 17.9 Å². The third-order valence-corrected chi connectivity index (χ3v) is 8.04. The van der Waals surface area contributed by atoms with Crippen molar-refractivity contribution in [1.29, 1.82) is 0 Å². The molecule has 0 radical (unpaired) electrons. The van der Waals surface area contributed by atoms with Crippen molar-refractivity contribution in [2.24, 2.45) is 0 Å². The van der Waals surface area contributed by atoms with E-state index >= 15 is 0 Å². The Morgan fingerprint density at radius 1 is 1.03 bits per heavy atom. The Balaban J connectivity index is 1.95. The van der Waals surface area contributed by atoms with Gasteiger partial charge < -0.3 is 19.7 Å². The van der Waals surface area contributed by atoms with Crippen molar-refractivity contribution in [2.75, 3.05) is 23.4 Å². The van der Waals surface area contributed by atoms with Gasteiger partial charge in [-0.25, -0.2) is 8.42 Å². The topological polar surface area (TPSA) is 105 Å². The SMILES string of the molecule is CCS(=O)(=O)N(CC(=O)N(Cc1ccc(Cl)c(Cl)c1)[C@H](C)C(=O)NC(C)C)c1ccc2c(c1)OCO2. The fourth-order valence-corrected chi connectivity index (χ4v) is 4.96. The molecule has 0 fully saturated rings. The molecule has 1 heterocycles. The molecule has 0 saturated heterocycles. The zero-order chi connectivity index (χ0) is 26.6. The van der Waals surface area contributed by atoms with Crippen LogP contribution in [0.3, 0.4) is 0 Å². The van der Waals surface area contributed by atoms with Crippen LogP contribution in [0.4, 0.5) is 5.69 Å². The molecule has 1 N–H and O–H groups in total. The summed E-state index contributed by atoms with van der Waals surface area (Å²) in [4.78, 5) is 27.8. The van der Waals surface area contributed by atoms with Crippen molar-refractivity contribution < 1.29 is 27.5 Å². The molecule has 12 heteroatoms. The van der Waals surface area contributed by atoms with Crippen LogP contribution in [0.2, 0.25) is 10.0 Å². The number of nitrogens with one attached hydrogen (secondary N) is 1. The summed E-state index contributed by atoms with van der Waals surface area (Å²) >= 11 is 12.2. The van der Waals surface area contributed by atoms with Gasteiger partial charge in [-0.3, -0.25) is 13.9 Å². The molecule has 196 valence electrons. The van der Waals surface area contributed by atoms with Crippen molar-refractivity contribution >= 4 is 50.7 Å².